The Morgan fingerprint density at radius 1 is 1.53 bits per heavy atom. The van der Waals surface area contributed by atoms with Crippen molar-refractivity contribution in [3.05, 3.63) is 34.6 Å². The van der Waals surface area contributed by atoms with Crippen molar-refractivity contribution in [1.29, 1.82) is 0 Å². The van der Waals surface area contributed by atoms with Gasteiger partial charge in [0.05, 0.1) is 5.54 Å². The fourth-order valence-corrected chi connectivity index (χ4v) is 1.63. The first-order chi connectivity index (χ1) is 7.01. The van der Waals surface area contributed by atoms with Crippen molar-refractivity contribution in [1.82, 2.24) is 0 Å². The van der Waals surface area contributed by atoms with Gasteiger partial charge in [0, 0.05) is 11.4 Å². The molecule has 15 heavy (non-hydrogen) atoms. The molecular formula is C11H11ClFNO. The van der Waals surface area contributed by atoms with E-state index in [2.05, 4.69) is 0 Å². The Kier molecular flexibility index (Phi) is 2.52. The summed E-state index contributed by atoms with van der Waals surface area (Å²) in [5.41, 5.74) is 5.58. The Balaban J connectivity index is 2.16. The van der Waals surface area contributed by atoms with Gasteiger partial charge in [-0.1, -0.05) is 11.6 Å². The van der Waals surface area contributed by atoms with Crippen LogP contribution in [0.4, 0.5) is 4.39 Å². The number of nitrogens with two attached hydrogens (primary N) is 1. The molecule has 2 N–H and O–H groups in total. The molecule has 0 saturated heterocycles. The fourth-order valence-electron chi connectivity index (χ4n) is 1.44. The average molecular weight is 228 g/mol. The van der Waals surface area contributed by atoms with Gasteiger partial charge >= 0.3 is 0 Å². The van der Waals surface area contributed by atoms with E-state index in [4.69, 9.17) is 17.3 Å². The second kappa shape index (κ2) is 3.58. The molecule has 2 nitrogen and oxygen atoms in total. The summed E-state index contributed by atoms with van der Waals surface area (Å²) in [4.78, 5) is 11.7. The Hall–Kier alpha value is -0.930. The lowest BCUT2D eigenvalue weighted by Crippen LogP contribution is -2.34. The smallest absolute Gasteiger partial charge is 0.157 e. The van der Waals surface area contributed by atoms with Crippen LogP contribution in [0.5, 0.6) is 0 Å². The van der Waals surface area contributed by atoms with Crippen LogP contribution in [0.3, 0.4) is 0 Å². The van der Waals surface area contributed by atoms with Gasteiger partial charge in [0.15, 0.2) is 5.78 Å². The molecule has 0 heterocycles. The first-order valence-corrected chi connectivity index (χ1v) is 5.15. The molecule has 1 aromatic rings. The molecule has 1 aliphatic carbocycles. The predicted molar refractivity (Wildman–Crippen MR) is 56.3 cm³/mol. The quantitative estimate of drug-likeness (QED) is 0.859. The lowest BCUT2D eigenvalue weighted by atomic mass is 10.0. The van der Waals surface area contributed by atoms with Crippen LogP contribution < -0.4 is 5.73 Å². The van der Waals surface area contributed by atoms with Crippen molar-refractivity contribution in [3.8, 4) is 0 Å². The summed E-state index contributed by atoms with van der Waals surface area (Å²) in [5.74, 6) is -0.445. The second-order valence-corrected chi connectivity index (χ2v) is 4.40. The van der Waals surface area contributed by atoms with Crippen LogP contribution in [0.1, 0.15) is 18.4 Å². The number of hydrogen-bond acceptors (Lipinski definition) is 2. The predicted octanol–water partition coefficient (Wildman–Crippen LogP) is 2.08. The van der Waals surface area contributed by atoms with Crippen molar-refractivity contribution in [2.45, 2.75) is 24.8 Å². The van der Waals surface area contributed by atoms with Gasteiger partial charge < -0.3 is 5.73 Å². The second-order valence-electron chi connectivity index (χ2n) is 3.99. The number of benzene rings is 1. The monoisotopic (exact) mass is 227 g/mol. The molecule has 0 bridgehead atoms. The Morgan fingerprint density at radius 3 is 2.80 bits per heavy atom. The molecule has 2 rings (SSSR count). The average Bonchev–Trinajstić information content (AvgIpc) is 2.91. The maximum Gasteiger partial charge on any atom is 0.157 e. The van der Waals surface area contributed by atoms with E-state index in [1.165, 1.54) is 18.2 Å². The maximum atomic E-state index is 12.9. The summed E-state index contributed by atoms with van der Waals surface area (Å²) in [5, 5.41) is 0.411. The highest BCUT2D eigenvalue weighted by atomic mass is 35.5. The van der Waals surface area contributed by atoms with Crippen LogP contribution in [0, 0.1) is 5.82 Å². The summed E-state index contributed by atoms with van der Waals surface area (Å²) in [6, 6.07) is 4.01. The molecule has 0 atom stereocenters. The summed E-state index contributed by atoms with van der Waals surface area (Å²) in [7, 11) is 0. The molecule has 0 aliphatic heterocycles. The van der Waals surface area contributed by atoms with Crippen molar-refractivity contribution in [2.75, 3.05) is 0 Å². The van der Waals surface area contributed by atoms with E-state index in [1.807, 2.05) is 0 Å². The summed E-state index contributed by atoms with van der Waals surface area (Å²) < 4.78 is 12.9. The molecule has 1 aliphatic rings. The lowest BCUT2D eigenvalue weighted by Gasteiger charge is -2.08. The topological polar surface area (TPSA) is 43.1 Å². The number of carbonyl (C=O) groups is 1. The molecule has 0 aromatic heterocycles. The van der Waals surface area contributed by atoms with E-state index in [-0.39, 0.29) is 18.0 Å². The van der Waals surface area contributed by atoms with E-state index in [9.17, 15) is 9.18 Å². The molecule has 0 unspecified atom stereocenters. The minimum Gasteiger partial charge on any atom is -0.319 e. The largest absolute Gasteiger partial charge is 0.319 e. The normalized spacial score (nSPS) is 17.5. The lowest BCUT2D eigenvalue weighted by molar-refractivity contribution is -0.120. The van der Waals surface area contributed by atoms with E-state index < -0.39 is 5.54 Å². The Bertz CT molecular complexity index is 415. The maximum absolute atomic E-state index is 12.9. The van der Waals surface area contributed by atoms with Gasteiger partial charge in [-0.3, -0.25) is 4.79 Å². The number of Topliss-reactive ketones (excluding diaryl/α,β-unsaturated/α-hetero) is 1. The number of ketones is 1. The van der Waals surface area contributed by atoms with Crippen molar-refractivity contribution in [3.63, 3.8) is 0 Å². The zero-order valence-corrected chi connectivity index (χ0v) is 8.85. The number of carbonyl (C=O) groups excluding carboxylic acids is 1. The molecule has 0 amide bonds. The Labute approximate surface area is 92.2 Å². The highest BCUT2D eigenvalue weighted by molar-refractivity contribution is 6.31. The minimum absolute atomic E-state index is 0.0602. The van der Waals surface area contributed by atoms with Gasteiger partial charge in [-0.05, 0) is 36.6 Å². The first kappa shape index (κ1) is 10.6. The third-order valence-corrected chi connectivity index (χ3v) is 3.07. The van der Waals surface area contributed by atoms with Crippen molar-refractivity contribution in [2.24, 2.45) is 5.73 Å². The highest BCUT2D eigenvalue weighted by Crippen LogP contribution is 2.34. The third-order valence-electron chi connectivity index (χ3n) is 2.70. The standard InChI is InChI=1S/C11H11ClFNO/c12-9-2-1-8(13)5-7(9)6-10(15)11(14)3-4-11/h1-2,5H,3-4,6,14H2. The van der Waals surface area contributed by atoms with Crippen molar-refractivity contribution < 1.29 is 9.18 Å². The van der Waals surface area contributed by atoms with Gasteiger partial charge in [-0.15, -0.1) is 0 Å². The molecule has 1 saturated carbocycles. The molecule has 0 radical (unpaired) electrons. The number of halogens is 2. The SMILES string of the molecule is NC1(C(=O)Cc2cc(F)ccc2Cl)CC1. The first-order valence-electron chi connectivity index (χ1n) is 4.77. The van der Waals surface area contributed by atoms with Crippen LogP contribution >= 0.6 is 11.6 Å². The molecule has 1 fully saturated rings. The van der Waals surface area contributed by atoms with E-state index in [0.717, 1.165) is 12.8 Å². The van der Waals surface area contributed by atoms with E-state index in [0.29, 0.717) is 10.6 Å². The van der Waals surface area contributed by atoms with Gasteiger partial charge in [0.25, 0.3) is 0 Å². The van der Waals surface area contributed by atoms with Gasteiger partial charge in [0.2, 0.25) is 0 Å². The van der Waals surface area contributed by atoms with E-state index >= 15 is 0 Å². The summed E-state index contributed by atoms with van der Waals surface area (Å²) in [6.07, 6.45) is 1.56. The third kappa shape index (κ3) is 2.19. The van der Waals surface area contributed by atoms with Crippen molar-refractivity contribution >= 4 is 17.4 Å². The zero-order valence-electron chi connectivity index (χ0n) is 8.09. The van der Waals surface area contributed by atoms with Crippen LogP contribution in [0.25, 0.3) is 0 Å². The minimum atomic E-state index is -0.671. The summed E-state index contributed by atoms with van der Waals surface area (Å²) >= 11 is 5.85. The molecule has 0 spiro atoms. The van der Waals surface area contributed by atoms with E-state index in [1.54, 1.807) is 0 Å². The molecule has 1 aromatic carbocycles. The van der Waals surface area contributed by atoms with Crippen LogP contribution in [-0.2, 0) is 11.2 Å². The van der Waals surface area contributed by atoms with Crippen LogP contribution in [-0.4, -0.2) is 11.3 Å². The van der Waals surface area contributed by atoms with Gasteiger partial charge in [-0.25, -0.2) is 4.39 Å². The Morgan fingerprint density at radius 2 is 2.20 bits per heavy atom. The van der Waals surface area contributed by atoms with Crippen LogP contribution in [0.2, 0.25) is 5.02 Å². The molecule has 80 valence electrons. The van der Waals surface area contributed by atoms with Crippen LogP contribution in [0.15, 0.2) is 18.2 Å². The molecule has 4 heteroatoms. The number of rotatable bonds is 3. The summed E-state index contributed by atoms with van der Waals surface area (Å²) in [6.45, 7) is 0. The fraction of sp³-hybridized carbons (Fsp3) is 0.364. The molecular weight excluding hydrogens is 217 g/mol. The van der Waals surface area contributed by atoms with Gasteiger partial charge in [0.1, 0.15) is 5.82 Å². The number of hydrogen-bond donors (Lipinski definition) is 1. The zero-order chi connectivity index (χ0) is 11.1. The highest BCUT2D eigenvalue weighted by Gasteiger charge is 2.45. The van der Waals surface area contributed by atoms with Gasteiger partial charge in [-0.2, -0.15) is 0 Å².